The Hall–Kier alpha value is -1.24. The molecule has 0 unspecified atom stereocenters. The summed E-state index contributed by atoms with van der Waals surface area (Å²) in [6, 6.07) is 8.60. The van der Waals surface area contributed by atoms with Gasteiger partial charge in [0.25, 0.3) is 0 Å². The molecule has 0 spiro atoms. The third kappa shape index (κ3) is 3.63. The molecule has 0 aliphatic heterocycles. The quantitative estimate of drug-likeness (QED) is 0.657. The van der Waals surface area contributed by atoms with E-state index in [1.807, 2.05) is 0 Å². The molecule has 0 amide bonds. The SMILES string of the molecule is CCCCOc1ccc(C2=CC[C@@H](C)CC2)cc1. The third-order valence-corrected chi connectivity index (χ3v) is 3.66. The van der Waals surface area contributed by atoms with Gasteiger partial charge in [-0.3, -0.25) is 0 Å². The van der Waals surface area contributed by atoms with Crippen molar-refractivity contribution in [3.63, 3.8) is 0 Å². The maximum atomic E-state index is 5.69. The van der Waals surface area contributed by atoms with Crippen LogP contribution in [0.3, 0.4) is 0 Å². The van der Waals surface area contributed by atoms with Crippen LogP contribution in [0.4, 0.5) is 0 Å². The molecule has 98 valence electrons. The van der Waals surface area contributed by atoms with E-state index in [4.69, 9.17) is 4.74 Å². The first-order valence-electron chi connectivity index (χ1n) is 7.22. The summed E-state index contributed by atoms with van der Waals surface area (Å²) in [5, 5.41) is 0. The first-order chi connectivity index (χ1) is 8.79. The zero-order valence-corrected chi connectivity index (χ0v) is 11.6. The van der Waals surface area contributed by atoms with Crippen molar-refractivity contribution >= 4 is 5.57 Å². The van der Waals surface area contributed by atoms with Gasteiger partial charge in [0.2, 0.25) is 0 Å². The Labute approximate surface area is 111 Å². The predicted molar refractivity (Wildman–Crippen MR) is 77.8 cm³/mol. The lowest BCUT2D eigenvalue weighted by molar-refractivity contribution is 0.309. The summed E-state index contributed by atoms with van der Waals surface area (Å²) >= 11 is 0. The van der Waals surface area contributed by atoms with E-state index < -0.39 is 0 Å². The van der Waals surface area contributed by atoms with Crippen LogP contribution < -0.4 is 4.74 Å². The van der Waals surface area contributed by atoms with Crippen LogP contribution >= 0.6 is 0 Å². The molecule has 1 atom stereocenters. The smallest absolute Gasteiger partial charge is 0.119 e. The van der Waals surface area contributed by atoms with Crippen molar-refractivity contribution in [1.29, 1.82) is 0 Å². The van der Waals surface area contributed by atoms with Crippen LogP contribution in [0.1, 0.15) is 51.5 Å². The number of unbranched alkanes of at least 4 members (excludes halogenated alkanes) is 1. The van der Waals surface area contributed by atoms with Crippen LogP contribution in [0.15, 0.2) is 30.3 Å². The molecule has 1 heteroatoms. The molecule has 0 aromatic heterocycles. The molecule has 0 saturated heterocycles. The van der Waals surface area contributed by atoms with Crippen molar-refractivity contribution in [3.05, 3.63) is 35.9 Å². The minimum absolute atomic E-state index is 0.829. The number of hydrogen-bond acceptors (Lipinski definition) is 1. The predicted octanol–water partition coefficient (Wildman–Crippen LogP) is 5.07. The van der Waals surface area contributed by atoms with Crippen LogP contribution in [0.25, 0.3) is 5.57 Å². The molecule has 1 aliphatic carbocycles. The Balaban J connectivity index is 1.95. The van der Waals surface area contributed by atoms with Gasteiger partial charge in [-0.2, -0.15) is 0 Å². The van der Waals surface area contributed by atoms with E-state index in [9.17, 15) is 0 Å². The fourth-order valence-electron chi connectivity index (χ4n) is 2.33. The van der Waals surface area contributed by atoms with Crippen molar-refractivity contribution in [3.8, 4) is 5.75 Å². The average molecular weight is 244 g/mol. The van der Waals surface area contributed by atoms with Crippen LogP contribution in [0.2, 0.25) is 0 Å². The molecule has 1 aromatic rings. The molecular formula is C17H24O. The van der Waals surface area contributed by atoms with E-state index in [-0.39, 0.29) is 0 Å². The van der Waals surface area contributed by atoms with Gasteiger partial charge in [0.15, 0.2) is 0 Å². The lowest BCUT2D eigenvalue weighted by Gasteiger charge is -2.18. The van der Waals surface area contributed by atoms with Crippen LogP contribution in [-0.4, -0.2) is 6.61 Å². The van der Waals surface area contributed by atoms with E-state index in [1.54, 1.807) is 0 Å². The zero-order valence-electron chi connectivity index (χ0n) is 11.6. The van der Waals surface area contributed by atoms with Gasteiger partial charge in [-0.15, -0.1) is 0 Å². The Bertz CT molecular complexity index is 389. The van der Waals surface area contributed by atoms with Gasteiger partial charge in [-0.25, -0.2) is 0 Å². The van der Waals surface area contributed by atoms with Gasteiger partial charge in [0, 0.05) is 0 Å². The van der Waals surface area contributed by atoms with Gasteiger partial charge in [0.1, 0.15) is 5.75 Å². The number of rotatable bonds is 5. The van der Waals surface area contributed by atoms with Crippen molar-refractivity contribution in [1.82, 2.24) is 0 Å². The largest absolute Gasteiger partial charge is 0.494 e. The van der Waals surface area contributed by atoms with Gasteiger partial charge < -0.3 is 4.74 Å². The molecule has 0 saturated carbocycles. The lowest BCUT2D eigenvalue weighted by Crippen LogP contribution is -2.01. The second kappa shape index (κ2) is 6.63. The molecule has 0 radical (unpaired) electrons. The van der Waals surface area contributed by atoms with Crippen molar-refractivity contribution < 1.29 is 4.74 Å². The van der Waals surface area contributed by atoms with Gasteiger partial charge >= 0.3 is 0 Å². The second-order valence-corrected chi connectivity index (χ2v) is 5.34. The number of hydrogen-bond donors (Lipinski definition) is 0. The summed E-state index contributed by atoms with van der Waals surface area (Å²) in [5.41, 5.74) is 2.87. The minimum atomic E-state index is 0.829. The number of benzene rings is 1. The Morgan fingerprint density at radius 3 is 2.61 bits per heavy atom. The van der Waals surface area contributed by atoms with Crippen LogP contribution in [-0.2, 0) is 0 Å². The summed E-state index contributed by atoms with van der Waals surface area (Å²) in [5.74, 6) is 1.85. The first-order valence-corrected chi connectivity index (χ1v) is 7.22. The normalized spacial score (nSPS) is 19.4. The second-order valence-electron chi connectivity index (χ2n) is 5.34. The molecule has 18 heavy (non-hydrogen) atoms. The summed E-state index contributed by atoms with van der Waals surface area (Å²) < 4.78 is 5.69. The summed E-state index contributed by atoms with van der Waals surface area (Å²) in [7, 11) is 0. The highest BCUT2D eigenvalue weighted by atomic mass is 16.5. The van der Waals surface area contributed by atoms with E-state index >= 15 is 0 Å². The van der Waals surface area contributed by atoms with Gasteiger partial charge in [-0.05, 0) is 54.9 Å². The first kappa shape index (κ1) is 13.2. The van der Waals surface area contributed by atoms with Crippen molar-refractivity contribution in [2.24, 2.45) is 5.92 Å². The molecule has 0 heterocycles. The highest BCUT2D eigenvalue weighted by molar-refractivity contribution is 5.66. The van der Waals surface area contributed by atoms with E-state index in [0.29, 0.717) is 0 Å². The highest BCUT2D eigenvalue weighted by Gasteiger charge is 2.11. The fourth-order valence-corrected chi connectivity index (χ4v) is 2.33. The molecular weight excluding hydrogens is 220 g/mol. The molecule has 1 aliphatic rings. The molecule has 2 rings (SSSR count). The Morgan fingerprint density at radius 2 is 2.00 bits per heavy atom. The van der Waals surface area contributed by atoms with E-state index in [0.717, 1.165) is 24.7 Å². The summed E-state index contributed by atoms with van der Waals surface area (Å²) in [6.45, 7) is 5.34. The molecule has 0 N–H and O–H groups in total. The van der Waals surface area contributed by atoms with Crippen molar-refractivity contribution in [2.75, 3.05) is 6.61 Å². The van der Waals surface area contributed by atoms with Crippen molar-refractivity contribution in [2.45, 2.75) is 46.0 Å². The van der Waals surface area contributed by atoms with Gasteiger partial charge in [0.05, 0.1) is 6.61 Å². The third-order valence-electron chi connectivity index (χ3n) is 3.66. The number of ether oxygens (including phenoxy) is 1. The molecule has 1 nitrogen and oxygen atoms in total. The zero-order chi connectivity index (χ0) is 12.8. The molecule has 0 bridgehead atoms. The molecule has 1 aromatic carbocycles. The Kier molecular flexibility index (Phi) is 4.86. The monoisotopic (exact) mass is 244 g/mol. The maximum absolute atomic E-state index is 5.69. The standard InChI is InChI=1S/C17H24O/c1-3-4-13-18-17-11-9-16(10-12-17)15-7-5-14(2)6-8-15/h7,9-12,14H,3-6,8,13H2,1-2H3/t14-/m1/s1. The number of allylic oxidation sites excluding steroid dienone is 2. The van der Waals surface area contributed by atoms with E-state index in [2.05, 4.69) is 44.2 Å². The average Bonchev–Trinajstić information content (AvgIpc) is 2.41. The summed E-state index contributed by atoms with van der Waals surface area (Å²) in [6.07, 6.45) is 8.48. The maximum Gasteiger partial charge on any atom is 0.119 e. The van der Waals surface area contributed by atoms with E-state index in [1.165, 1.54) is 36.8 Å². The van der Waals surface area contributed by atoms with Crippen LogP contribution in [0.5, 0.6) is 5.75 Å². The Morgan fingerprint density at radius 1 is 1.22 bits per heavy atom. The molecule has 0 fully saturated rings. The topological polar surface area (TPSA) is 9.23 Å². The minimum Gasteiger partial charge on any atom is -0.494 e. The lowest BCUT2D eigenvalue weighted by atomic mass is 9.88. The van der Waals surface area contributed by atoms with Crippen LogP contribution in [0, 0.1) is 5.92 Å². The summed E-state index contributed by atoms with van der Waals surface area (Å²) in [4.78, 5) is 0. The fraction of sp³-hybridized carbons (Fsp3) is 0.529. The highest BCUT2D eigenvalue weighted by Crippen LogP contribution is 2.30. The van der Waals surface area contributed by atoms with Gasteiger partial charge in [-0.1, -0.05) is 38.5 Å².